The molecule has 3 N–H and O–H groups in total. The average molecular weight is 611 g/mol. The van der Waals surface area contributed by atoms with Crippen LogP contribution >= 0.6 is 0 Å². The first-order chi connectivity index (χ1) is 20.7. The number of aliphatic carboxylic acids is 3. The second-order valence-corrected chi connectivity index (χ2v) is 12.6. The van der Waals surface area contributed by atoms with E-state index in [-0.39, 0.29) is 25.8 Å². The summed E-state index contributed by atoms with van der Waals surface area (Å²) < 4.78 is -0.406. The van der Waals surface area contributed by atoms with Gasteiger partial charge in [-0.3, -0.25) is 4.48 Å². The normalized spacial score (nSPS) is 15.3. The number of rotatable bonds is 31. The zero-order valence-corrected chi connectivity index (χ0v) is 28.4. The van der Waals surface area contributed by atoms with Gasteiger partial charge in [-0.05, 0) is 38.5 Å². The average Bonchev–Trinajstić information content (AvgIpc) is 2.96. The van der Waals surface area contributed by atoms with Crippen molar-refractivity contribution in [3.8, 4) is 0 Å². The second kappa shape index (κ2) is 26.5. The molecule has 0 aromatic heterocycles. The van der Waals surface area contributed by atoms with Gasteiger partial charge in [0.25, 0.3) is 0 Å². The van der Waals surface area contributed by atoms with E-state index >= 15 is 0 Å². The Hall–Kier alpha value is -1.89. The Morgan fingerprint density at radius 3 is 1.02 bits per heavy atom. The molecule has 7 heteroatoms. The molecule has 3 unspecified atom stereocenters. The van der Waals surface area contributed by atoms with Crippen molar-refractivity contribution in [1.82, 2.24) is 0 Å². The van der Waals surface area contributed by atoms with E-state index in [4.69, 9.17) is 0 Å². The number of unbranched alkanes of at least 4 members (excludes halogenated alkanes) is 18. The molecule has 0 bridgehead atoms. The molecule has 0 spiro atoms. The predicted molar refractivity (Wildman–Crippen MR) is 177 cm³/mol. The van der Waals surface area contributed by atoms with E-state index in [0.29, 0.717) is 6.42 Å². The Kier molecular flexibility index (Phi) is 25.3. The molecule has 0 saturated carbocycles. The zero-order chi connectivity index (χ0) is 32.3. The van der Waals surface area contributed by atoms with Crippen LogP contribution in [0.5, 0.6) is 0 Å². The van der Waals surface area contributed by atoms with Crippen molar-refractivity contribution in [3.05, 3.63) is 12.2 Å². The summed E-state index contributed by atoms with van der Waals surface area (Å²) in [6.45, 7) is 7.66. The lowest BCUT2D eigenvalue weighted by Crippen LogP contribution is -2.72. The Morgan fingerprint density at radius 2 is 0.744 bits per heavy atom. The highest BCUT2D eigenvalue weighted by atomic mass is 16.4. The highest BCUT2D eigenvalue weighted by molar-refractivity contribution is 5.78. The molecule has 252 valence electrons. The summed E-state index contributed by atoms with van der Waals surface area (Å²) in [5.41, 5.74) is 0. The fraction of sp³-hybridized carbons (Fsp3) is 0.861. The van der Waals surface area contributed by atoms with Crippen LogP contribution in [-0.2, 0) is 14.4 Å². The summed E-state index contributed by atoms with van der Waals surface area (Å²) in [7, 11) is 0. The number of carboxylic acids is 3. The number of allylic oxidation sites excluding steroid dienone is 2. The van der Waals surface area contributed by atoms with Crippen molar-refractivity contribution in [2.45, 2.75) is 193 Å². The van der Waals surface area contributed by atoms with E-state index in [9.17, 15) is 29.7 Å². The Labute approximate surface area is 264 Å². The van der Waals surface area contributed by atoms with Gasteiger partial charge in [0, 0.05) is 19.3 Å². The van der Waals surface area contributed by atoms with E-state index in [1.807, 2.05) is 0 Å². The molecule has 0 aliphatic carbocycles. The van der Waals surface area contributed by atoms with Gasteiger partial charge in [-0.2, -0.15) is 0 Å². The van der Waals surface area contributed by atoms with Crippen LogP contribution in [0.1, 0.15) is 175 Å². The minimum absolute atomic E-state index is 0.192. The zero-order valence-electron chi connectivity index (χ0n) is 28.4. The maximum absolute atomic E-state index is 12.3. The van der Waals surface area contributed by atoms with Gasteiger partial charge in [0.15, 0.2) is 18.1 Å². The molecule has 0 aliphatic rings. The highest BCUT2D eigenvalue weighted by Crippen LogP contribution is 2.32. The largest absolute Gasteiger partial charge is 0.477 e. The molecule has 43 heavy (non-hydrogen) atoms. The van der Waals surface area contributed by atoms with Gasteiger partial charge < -0.3 is 15.3 Å². The molecule has 3 atom stereocenters. The highest BCUT2D eigenvalue weighted by Gasteiger charge is 2.55. The van der Waals surface area contributed by atoms with Crippen molar-refractivity contribution in [2.75, 3.05) is 6.54 Å². The number of carbonyl (C=O) groups is 3. The van der Waals surface area contributed by atoms with E-state index in [1.54, 1.807) is 20.8 Å². The third kappa shape index (κ3) is 16.7. The lowest BCUT2D eigenvalue weighted by Gasteiger charge is -2.49. The summed E-state index contributed by atoms with van der Waals surface area (Å²) in [5, 5.41) is 30.1. The number of hydrogen-bond acceptors (Lipinski definition) is 3. The van der Waals surface area contributed by atoms with Gasteiger partial charge in [0.05, 0.1) is 6.54 Å². The van der Waals surface area contributed by atoms with E-state index < -0.39 is 40.5 Å². The molecule has 0 rings (SSSR count). The minimum Gasteiger partial charge on any atom is -0.477 e. The van der Waals surface area contributed by atoms with Crippen LogP contribution in [0, 0.1) is 0 Å². The Morgan fingerprint density at radius 1 is 0.465 bits per heavy atom. The van der Waals surface area contributed by atoms with Gasteiger partial charge in [-0.15, -0.1) is 0 Å². The monoisotopic (exact) mass is 611 g/mol. The smallest absolute Gasteiger partial charge is 0.362 e. The summed E-state index contributed by atoms with van der Waals surface area (Å²) in [6.07, 6.45) is 29.8. The Balaban J connectivity index is 4.32. The molecule has 0 fully saturated rings. The van der Waals surface area contributed by atoms with Gasteiger partial charge in [-0.1, -0.05) is 130 Å². The van der Waals surface area contributed by atoms with E-state index in [1.165, 1.54) is 103 Å². The third-order valence-corrected chi connectivity index (χ3v) is 9.31. The van der Waals surface area contributed by atoms with Crippen LogP contribution in [0.4, 0.5) is 0 Å². The van der Waals surface area contributed by atoms with Crippen LogP contribution in [-0.4, -0.2) is 62.4 Å². The van der Waals surface area contributed by atoms with Crippen molar-refractivity contribution in [3.63, 3.8) is 0 Å². The molecule has 7 nitrogen and oxygen atoms in total. The molecule has 0 radical (unpaired) electrons. The van der Waals surface area contributed by atoms with E-state index in [2.05, 4.69) is 19.1 Å². The first-order valence-corrected chi connectivity index (χ1v) is 17.9. The fourth-order valence-electron chi connectivity index (χ4n) is 6.97. The molecule has 0 aromatic rings. The first kappa shape index (κ1) is 41.1. The molecule has 0 aromatic carbocycles. The number of quaternary nitrogens is 1. The summed E-state index contributed by atoms with van der Waals surface area (Å²) in [4.78, 5) is 36.8. The summed E-state index contributed by atoms with van der Waals surface area (Å²) in [6, 6.07) is -3.19. The lowest BCUT2D eigenvalue weighted by molar-refractivity contribution is -0.973. The second-order valence-electron chi connectivity index (χ2n) is 12.6. The van der Waals surface area contributed by atoms with Crippen molar-refractivity contribution in [1.29, 1.82) is 0 Å². The number of hydrogen-bond donors (Lipinski definition) is 3. The van der Waals surface area contributed by atoms with Crippen molar-refractivity contribution < 1.29 is 34.2 Å². The van der Waals surface area contributed by atoms with Gasteiger partial charge in [-0.25, -0.2) is 14.4 Å². The maximum Gasteiger partial charge on any atom is 0.362 e. The number of carboxylic acid groups (broad SMARTS) is 3. The van der Waals surface area contributed by atoms with Crippen molar-refractivity contribution >= 4 is 17.9 Å². The maximum atomic E-state index is 12.3. The summed E-state index contributed by atoms with van der Waals surface area (Å²) >= 11 is 0. The van der Waals surface area contributed by atoms with Gasteiger partial charge in [0.1, 0.15) is 0 Å². The van der Waals surface area contributed by atoms with E-state index in [0.717, 1.165) is 19.3 Å². The molecular formula is C36H68NO6+. The first-order valence-electron chi connectivity index (χ1n) is 17.9. The predicted octanol–water partition coefficient (Wildman–Crippen LogP) is 9.77. The summed E-state index contributed by atoms with van der Waals surface area (Å²) in [5.74, 6) is -3.34. The van der Waals surface area contributed by atoms with Gasteiger partial charge in [0.2, 0.25) is 0 Å². The van der Waals surface area contributed by atoms with Crippen LogP contribution < -0.4 is 0 Å². The van der Waals surface area contributed by atoms with Crippen LogP contribution in [0.15, 0.2) is 12.2 Å². The third-order valence-electron chi connectivity index (χ3n) is 9.31. The standard InChI is InChI=1S/C36H67NO6/c1-5-9-10-11-12-13-14-15-16-17-18-19-20-21-22-23-24-25-26-27-28-29-30-37(31(6-2)34(38)39,32(7-3)35(40)41)33(8-4)36(42)43/h18-19,31-33H,5-17,20-30H2,1-4H3,(H2-,38,39,40,41,42,43)/p+1/b19-18+. The molecule has 0 saturated heterocycles. The SMILES string of the molecule is CCCCCCCCCCC/C=C/CCCCCCCCCCC[N+](C(CC)C(=O)O)(C(CC)C(=O)O)C(CC)C(=O)O. The van der Waals surface area contributed by atoms with Gasteiger partial charge >= 0.3 is 17.9 Å². The molecule has 0 heterocycles. The van der Waals surface area contributed by atoms with Crippen LogP contribution in [0.3, 0.4) is 0 Å². The molecule has 0 aliphatic heterocycles. The minimum atomic E-state index is -1.11. The number of nitrogens with zero attached hydrogens (tertiary/aromatic N) is 1. The molecular weight excluding hydrogens is 542 g/mol. The Bertz CT molecular complexity index is 697. The van der Waals surface area contributed by atoms with Crippen LogP contribution in [0.25, 0.3) is 0 Å². The lowest BCUT2D eigenvalue weighted by atomic mass is 9.93. The fourth-order valence-corrected chi connectivity index (χ4v) is 6.97. The quantitative estimate of drug-likeness (QED) is 0.0409. The topological polar surface area (TPSA) is 112 Å². The van der Waals surface area contributed by atoms with Crippen LogP contribution in [0.2, 0.25) is 0 Å². The van der Waals surface area contributed by atoms with Crippen molar-refractivity contribution in [2.24, 2.45) is 0 Å². The molecule has 0 amide bonds.